The molecule has 194 valence electrons. The second-order valence-corrected chi connectivity index (χ2v) is 11.0. The minimum atomic E-state index is -1.08. The Morgan fingerprint density at radius 2 is 1.83 bits per heavy atom. The molecule has 1 spiro atoms. The molecule has 1 aliphatic carbocycles. The molecule has 35 heavy (non-hydrogen) atoms. The number of hydrogen-bond acceptors (Lipinski definition) is 5. The largest absolute Gasteiger partial charge is 0.395 e. The topological polar surface area (TPSA) is 90.4 Å². The van der Waals surface area contributed by atoms with E-state index in [2.05, 4.69) is 13.2 Å². The van der Waals surface area contributed by atoms with Gasteiger partial charge < -0.3 is 24.5 Å². The summed E-state index contributed by atoms with van der Waals surface area (Å²) in [5, 5.41) is 9.84. The zero-order valence-corrected chi connectivity index (χ0v) is 21.4. The molecule has 8 nitrogen and oxygen atoms in total. The van der Waals surface area contributed by atoms with Gasteiger partial charge in [-0.25, -0.2) is 0 Å². The predicted molar refractivity (Wildman–Crippen MR) is 132 cm³/mol. The number of likely N-dealkylation sites (N-methyl/N-ethyl adjacent to an activating group) is 1. The third-order valence-electron chi connectivity index (χ3n) is 9.06. The molecule has 2 bridgehead atoms. The molecule has 1 saturated carbocycles. The predicted octanol–water partition coefficient (Wildman–Crippen LogP) is 1.98. The lowest BCUT2D eigenvalue weighted by molar-refractivity contribution is -0.156. The summed E-state index contributed by atoms with van der Waals surface area (Å²) in [6.45, 7) is 12.1. The van der Waals surface area contributed by atoms with Gasteiger partial charge in [-0.15, -0.1) is 13.2 Å². The van der Waals surface area contributed by atoms with Gasteiger partial charge in [0.15, 0.2) is 0 Å². The van der Waals surface area contributed by atoms with Crippen LogP contribution in [0.4, 0.5) is 0 Å². The third kappa shape index (κ3) is 3.84. The standard InChI is InChI=1S/C27H41N3O5/c1-6-13-28(5)23(32)20-21-24(33)30(15-16-31)22(27(21)17-18(3)26(20,4)35-27)25(34)29(14-7-2)19-11-9-8-10-12-19/h6-7,18-22,31H,1-2,8-17H2,3-5H3/t18?,20-,21-,22?,26+,27?/m0/s1. The molecule has 4 aliphatic rings. The first-order chi connectivity index (χ1) is 16.7. The van der Waals surface area contributed by atoms with Crippen LogP contribution < -0.4 is 0 Å². The van der Waals surface area contributed by atoms with E-state index in [0.717, 1.165) is 32.1 Å². The van der Waals surface area contributed by atoms with Gasteiger partial charge in [0.1, 0.15) is 11.6 Å². The highest BCUT2D eigenvalue weighted by atomic mass is 16.5. The Kier molecular flexibility index (Phi) is 7.17. The maximum atomic E-state index is 14.3. The van der Waals surface area contributed by atoms with Gasteiger partial charge in [0.2, 0.25) is 17.7 Å². The van der Waals surface area contributed by atoms with Crippen LogP contribution in [0.25, 0.3) is 0 Å². The minimum absolute atomic E-state index is 0.00968. The van der Waals surface area contributed by atoms with Gasteiger partial charge in [0, 0.05) is 32.7 Å². The van der Waals surface area contributed by atoms with Gasteiger partial charge in [-0.3, -0.25) is 14.4 Å². The molecule has 0 aromatic heterocycles. The number of ether oxygens (including phenoxy) is 1. The van der Waals surface area contributed by atoms with Crippen LogP contribution in [0.2, 0.25) is 0 Å². The Labute approximate surface area is 208 Å². The van der Waals surface area contributed by atoms with Crippen molar-refractivity contribution in [1.82, 2.24) is 14.7 Å². The second-order valence-electron chi connectivity index (χ2n) is 11.0. The lowest BCUT2D eigenvalue weighted by Gasteiger charge is -2.41. The van der Waals surface area contributed by atoms with Crippen molar-refractivity contribution in [3.8, 4) is 0 Å². The molecule has 4 rings (SSSR count). The van der Waals surface area contributed by atoms with Crippen molar-refractivity contribution in [1.29, 1.82) is 0 Å². The summed E-state index contributed by atoms with van der Waals surface area (Å²) in [5.41, 5.74) is -1.92. The molecule has 3 amide bonds. The van der Waals surface area contributed by atoms with Crippen molar-refractivity contribution in [3.05, 3.63) is 25.3 Å². The monoisotopic (exact) mass is 487 g/mol. The maximum Gasteiger partial charge on any atom is 0.248 e. The number of carbonyl (C=O) groups is 3. The van der Waals surface area contributed by atoms with Gasteiger partial charge in [0.25, 0.3) is 0 Å². The van der Waals surface area contributed by atoms with Crippen LogP contribution in [0.5, 0.6) is 0 Å². The molecule has 3 heterocycles. The van der Waals surface area contributed by atoms with Crippen molar-refractivity contribution in [3.63, 3.8) is 0 Å². The quantitative estimate of drug-likeness (QED) is 0.503. The number of β-amino-alcohol motifs (C(OH)–C–C–N with tert-alkyl or cyclic N) is 1. The van der Waals surface area contributed by atoms with E-state index in [1.165, 1.54) is 4.90 Å². The van der Waals surface area contributed by atoms with E-state index in [9.17, 15) is 19.5 Å². The van der Waals surface area contributed by atoms with Gasteiger partial charge in [-0.05, 0) is 32.1 Å². The lowest BCUT2D eigenvalue weighted by atomic mass is 9.62. The Bertz CT molecular complexity index is 886. The van der Waals surface area contributed by atoms with E-state index in [-0.39, 0.29) is 42.8 Å². The van der Waals surface area contributed by atoms with Crippen molar-refractivity contribution >= 4 is 17.7 Å². The molecule has 8 heteroatoms. The van der Waals surface area contributed by atoms with Crippen LogP contribution in [0.1, 0.15) is 52.4 Å². The summed E-state index contributed by atoms with van der Waals surface area (Å²) in [5.74, 6) is -2.02. The van der Waals surface area contributed by atoms with Crippen LogP contribution in [0.15, 0.2) is 25.3 Å². The Morgan fingerprint density at radius 1 is 1.17 bits per heavy atom. The number of carbonyl (C=O) groups excluding carboxylic acids is 3. The number of nitrogens with zero attached hydrogens (tertiary/aromatic N) is 3. The van der Waals surface area contributed by atoms with Gasteiger partial charge in [-0.1, -0.05) is 38.3 Å². The van der Waals surface area contributed by atoms with Crippen molar-refractivity contribution < 1.29 is 24.2 Å². The maximum absolute atomic E-state index is 14.3. The van der Waals surface area contributed by atoms with Crippen molar-refractivity contribution in [2.45, 2.75) is 75.7 Å². The normalized spacial score (nSPS) is 36.2. The minimum Gasteiger partial charge on any atom is -0.395 e. The van der Waals surface area contributed by atoms with Crippen molar-refractivity contribution in [2.24, 2.45) is 17.8 Å². The number of likely N-dealkylation sites (tertiary alicyclic amines) is 1. The molecule has 6 atom stereocenters. The molecule has 0 aromatic rings. The number of fused-ring (bicyclic) bond motifs is 1. The van der Waals surface area contributed by atoms with E-state index < -0.39 is 29.1 Å². The lowest BCUT2D eigenvalue weighted by Crippen LogP contribution is -2.59. The average Bonchev–Trinajstić information content (AvgIpc) is 3.34. The molecule has 3 saturated heterocycles. The van der Waals surface area contributed by atoms with Gasteiger partial charge >= 0.3 is 0 Å². The van der Waals surface area contributed by atoms with Crippen LogP contribution in [0.3, 0.4) is 0 Å². The summed E-state index contributed by atoms with van der Waals surface area (Å²) >= 11 is 0. The highest BCUT2D eigenvalue weighted by Crippen LogP contribution is 2.65. The summed E-state index contributed by atoms with van der Waals surface area (Å²) in [6.07, 6.45) is 9.09. The Hall–Kier alpha value is -2.19. The number of hydrogen-bond donors (Lipinski definition) is 1. The van der Waals surface area contributed by atoms with Crippen molar-refractivity contribution in [2.75, 3.05) is 33.3 Å². The fraction of sp³-hybridized carbons (Fsp3) is 0.741. The van der Waals surface area contributed by atoms with E-state index >= 15 is 0 Å². The van der Waals surface area contributed by atoms with E-state index in [0.29, 0.717) is 19.5 Å². The van der Waals surface area contributed by atoms with E-state index in [4.69, 9.17) is 4.74 Å². The number of aliphatic hydroxyl groups is 1. The Morgan fingerprint density at radius 3 is 2.43 bits per heavy atom. The number of amides is 3. The first-order valence-corrected chi connectivity index (χ1v) is 13.1. The molecule has 0 radical (unpaired) electrons. The highest BCUT2D eigenvalue weighted by Gasteiger charge is 2.80. The summed E-state index contributed by atoms with van der Waals surface area (Å²) < 4.78 is 6.75. The fourth-order valence-corrected chi connectivity index (χ4v) is 7.37. The molecule has 3 aliphatic heterocycles. The number of rotatable bonds is 9. The summed E-state index contributed by atoms with van der Waals surface area (Å²) in [7, 11) is 1.71. The third-order valence-corrected chi connectivity index (χ3v) is 9.06. The SMILES string of the molecule is C=CCN(C)C(=O)[C@@H]1[C@H]2C(=O)N(CCO)C(C(=O)N(CC=C)C3CCCCC3)C23CC(C)[C@@]1(C)O3. The fourth-order valence-electron chi connectivity index (χ4n) is 7.37. The van der Waals surface area contributed by atoms with Crippen LogP contribution in [0, 0.1) is 17.8 Å². The zero-order valence-electron chi connectivity index (χ0n) is 21.4. The average molecular weight is 488 g/mol. The molecule has 1 N–H and O–H groups in total. The second kappa shape index (κ2) is 9.69. The van der Waals surface area contributed by atoms with E-state index in [1.807, 2.05) is 18.7 Å². The van der Waals surface area contributed by atoms with Crippen LogP contribution in [-0.4, -0.2) is 94.1 Å². The zero-order chi connectivity index (χ0) is 25.5. The molecular formula is C27H41N3O5. The number of aliphatic hydroxyl groups excluding tert-OH is 1. The van der Waals surface area contributed by atoms with Gasteiger partial charge in [-0.2, -0.15) is 0 Å². The first kappa shape index (κ1) is 25.9. The smallest absolute Gasteiger partial charge is 0.248 e. The summed E-state index contributed by atoms with van der Waals surface area (Å²) in [6, 6.07) is -0.764. The van der Waals surface area contributed by atoms with E-state index in [1.54, 1.807) is 24.1 Å². The van der Waals surface area contributed by atoms with Crippen LogP contribution >= 0.6 is 0 Å². The molecular weight excluding hydrogens is 446 g/mol. The molecule has 4 fully saturated rings. The molecule has 0 aromatic carbocycles. The summed E-state index contributed by atoms with van der Waals surface area (Å²) in [4.78, 5) is 46.9. The Balaban J connectivity index is 1.77. The first-order valence-electron chi connectivity index (χ1n) is 13.1. The highest BCUT2D eigenvalue weighted by molar-refractivity contribution is 5.99. The van der Waals surface area contributed by atoms with Gasteiger partial charge in [0.05, 0.1) is 24.0 Å². The molecule has 3 unspecified atom stereocenters. The van der Waals surface area contributed by atoms with Crippen LogP contribution in [-0.2, 0) is 19.1 Å².